The summed E-state index contributed by atoms with van der Waals surface area (Å²) in [5, 5.41) is 0. The van der Waals surface area contributed by atoms with Crippen molar-refractivity contribution in [2.45, 2.75) is 6.92 Å². The molecule has 0 bridgehead atoms. The van der Waals surface area contributed by atoms with E-state index < -0.39 is 0 Å². The predicted molar refractivity (Wildman–Crippen MR) is 131 cm³/mol. The van der Waals surface area contributed by atoms with E-state index in [1.165, 1.54) is 0 Å². The molecule has 1 heterocycles. The molecule has 0 radical (unpaired) electrons. The van der Waals surface area contributed by atoms with E-state index in [-0.39, 0.29) is 5.78 Å². The summed E-state index contributed by atoms with van der Waals surface area (Å²) >= 11 is 0. The maximum absolute atomic E-state index is 13.9. The van der Waals surface area contributed by atoms with Crippen LogP contribution < -0.4 is 0 Å². The molecule has 1 aromatic heterocycles. The average Bonchev–Trinajstić information content (AvgIpc) is 3.18. The molecule has 0 aliphatic heterocycles. The molecule has 0 fully saturated rings. The topological polar surface area (TPSA) is 22.0 Å². The third-order valence-electron chi connectivity index (χ3n) is 5.79. The van der Waals surface area contributed by atoms with Gasteiger partial charge < -0.3 is 4.57 Å². The summed E-state index contributed by atoms with van der Waals surface area (Å²) in [6.45, 7) is 2.04. The van der Waals surface area contributed by atoms with Crippen LogP contribution in [-0.2, 0) is 0 Å². The third-order valence-corrected chi connectivity index (χ3v) is 5.79. The van der Waals surface area contributed by atoms with Gasteiger partial charge in [0, 0.05) is 22.5 Å². The van der Waals surface area contributed by atoms with Gasteiger partial charge >= 0.3 is 0 Å². The molecule has 2 nitrogen and oxygen atoms in total. The van der Waals surface area contributed by atoms with Crippen LogP contribution in [0.1, 0.15) is 21.6 Å². The van der Waals surface area contributed by atoms with E-state index in [4.69, 9.17) is 0 Å². The molecule has 5 rings (SSSR count). The Morgan fingerprint density at radius 2 is 1.06 bits per heavy atom. The second-order valence-electron chi connectivity index (χ2n) is 7.78. The fourth-order valence-corrected chi connectivity index (χ4v) is 4.36. The summed E-state index contributed by atoms with van der Waals surface area (Å²) in [5.74, 6) is 0.0359. The number of carbonyl (C=O) groups is 1. The lowest BCUT2D eigenvalue weighted by atomic mass is 9.92. The largest absolute Gasteiger partial charge is 0.312 e. The number of aromatic nitrogens is 1. The SMILES string of the molecule is Cc1c(C(=O)c2ccccc2)c(-c2ccccc2)c(-c2ccccc2)n1-c1ccccc1. The molecule has 0 N–H and O–H groups in total. The van der Waals surface area contributed by atoms with Crippen LogP contribution in [0.25, 0.3) is 28.1 Å². The van der Waals surface area contributed by atoms with Crippen molar-refractivity contribution < 1.29 is 4.79 Å². The minimum atomic E-state index is 0.0359. The number of nitrogens with zero attached hydrogens (tertiary/aromatic N) is 1. The zero-order chi connectivity index (χ0) is 21.9. The summed E-state index contributed by atoms with van der Waals surface area (Å²) in [6, 6.07) is 40.3. The Kier molecular flexibility index (Phi) is 5.27. The molecule has 0 saturated heterocycles. The van der Waals surface area contributed by atoms with Crippen molar-refractivity contribution in [1.29, 1.82) is 0 Å². The first-order chi connectivity index (χ1) is 15.8. The van der Waals surface area contributed by atoms with Crippen molar-refractivity contribution in [1.82, 2.24) is 4.57 Å². The van der Waals surface area contributed by atoms with Crippen molar-refractivity contribution in [2.24, 2.45) is 0 Å². The Labute approximate surface area is 188 Å². The molecule has 0 saturated carbocycles. The Morgan fingerprint density at radius 3 is 1.62 bits per heavy atom. The fraction of sp³-hybridized carbons (Fsp3) is 0.0333. The van der Waals surface area contributed by atoms with Crippen LogP contribution in [0.5, 0.6) is 0 Å². The summed E-state index contributed by atoms with van der Waals surface area (Å²) < 4.78 is 2.22. The summed E-state index contributed by atoms with van der Waals surface area (Å²) in [4.78, 5) is 13.9. The van der Waals surface area contributed by atoms with E-state index in [1.807, 2.05) is 91.9 Å². The smallest absolute Gasteiger partial charge is 0.195 e. The summed E-state index contributed by atoms with van der Waals surface area (Å²) in [7, 11) is 0. The Balaban J connectivity index is 1.90. The molecule has 2 heteroatoms. The first-order valence-electron chi connectivity index (χ1n) is 10.8. The molecule has 0 spiro atoms. The standard InChI is InChI=1S/C30H23NO/c1-22-27(30(32)25-18-10-4-11-19-25)28(23-14-6-2-7-15-23)29(24-16-8-3-9-17-24)31(22)26-20-12-5-13-21-26/h2-21H,1H3. The van der Waals surface area contributed by atoms with Crippen LogP contribution in [0, 0.1) is 6.92 Å². The highest BCUT2D eigenvalue weighted by Gasteiger charge is 2.28. The van der Waals surface area contributed by atoms with E-state index in [1.54, 1.807) is 0 Å². The van der Waals surface area contributed by atoms with Crippen LogP contribution in [0.15, 0.2) is 121 Å². The first kappa shape index (κ1) is 19.8. The van der Waals surface area contributed by atoms with Crippen LogP contribution in [-0.4, -0.2) is 10.4 Å². The second kappa shape index (κ2) is 8.52. The number of carbonyl (C=O) groups excluding carboxylic acids is 1. The minimum Gasteiger partial charge on any atom is -0.312 e. The van der Waals surface area contributed by atoms with Crippen LogP contribution >= 0.6 is 0 Å². The van der Waals surface area contributed by atoms with Gasteiger partial charge in [0.15, 0.2) is 5.78 Å². The molecule has 5 aromatic rings. The van der Waals surface area contributed by atoms with Gasteiger partial charge in [0.05, 0.1) is 11.3 Å². The van der Waals surface area contributed by atoms with Gasteiger partial charge in [-0.15, -0.1) is 0 Å². The van der Waals surface area contributed by atoms with Crippen molar-refractivity contribution in [2.75, 3.05) is 0 Å². The van der Waals surface area contributed by atoms with Gasteiger partial charge in [-0.3, -0.25) is 4.79 Å². The summed E-state index contributed by atoms with van der Waals surface area (Å²) in [6.07, 6.45) is 0. The van der Waals surface area contributed by atoms with Crippen molar-refractivity contribution in [3.05, 3.63) is 138 Å². The molecule has 0 aliphatic rings. The van der Waals surface area contributed by atoms with Crippen molar-refractivity contribution >= 4 is 5.78 Å². The monoisotopic (exact) mass is 413 g/mol. The number of rotatable bonds is 5. The zero-order valence-electron chi connectivity index (χ0n) is 17.9. The van der Waals surface area contributed by atoms with Gasteiger partial charge in [-0.25, -0.2) is 0 Å². The van der Waals surface area contributed by atoms with E-state index in [0.717, 1.165) is 39.3 Å². The van der Waals surface area contributed by atoms with Gasteiger partial charge in [-0.1, -0.05) is 109 Å². The Hall–Kier alpha value is -4.17. The highest BCUT2D eigenvalue weighted by Crippen LogP contribution is 2.41. The summed E-state index contributed by atoms with van der Waals surface area (Å²) in [5.41, 5.74) is 7.50. The van der Waals surface area contributed by atoms with Gasteiger partial charge in [0.25, 0.3) is 0 Å². The highest BCUT2D eigenvalue weighted by molar-refractivity contribution is 6.16. The van der Waals surface area contributed by atoms with Gasteiger partial charge in [-0.2, -0.15) is 0 Å². The Morgan fingerprint density at radius 1 is 0.594 bits per heavy atom. The molecular formula is C30H23NO. The number of hydrogen-bond donors (Lipinski definition) is 0. The maximum Gasteiger partial charge on any atom is 0.195 e. The van der Waals surface area contributed by atoms with Crippen molar-refractivity contribution in [3.63, 3.8) is 0 Å². The van der Waals surface area contributed by atoms with Gasteiger partial charge in [-0.05, 0) is 30.2 Å². The lowest BCUT2D eigenvalue weighted by molar-refractivity contribution is 0.103. The Bertz CT molecular complexity index is 1350. The van der Waals surface area contributed by atoms with E-state index in [9.17, 15) is 4.79 Å². The van der Waals surface area contributed by atoms with Crippen LogP contribution in [0.4, 0.5) is 0 Å². The number of ketones is 1. The van der Waals surface area contributed by atoms with E-state index in [0.29, 0.717) is 5.56 Å². The molecule has 0 amide bonds. The lowest BCUT2D eigenvalue weighted by Crippen LogP contribution is -2.05. The number of para-hydroxylation sites is 1. The fourth-order valence-electron chi connectivity index (χ4n) is 4.36. The molecule has 154 valence electrons. The zero-order valence-corrected chi connectivity index (χ0v) is 17.9. The first-order valence-corrected chi connectivity index (χ1v) is 10.8. The average molecular weight is 414 g/mol. The number of hydrogen-bond acceptors (Lipinski definition) is 1. The molecule has 4 aromatic carbocycles. The van der Waals surface area contributed by atoms with Gasteiger partial charge in [0.1, 0.15) is 0 Å². The van der Waals surface area contributed by atoms with E-state index in [2.05, 4.69) is 41.0 Å². The predicted octanol–water partition coefficient (Wildman–Crippen LogP) is 7.35. The van der Waals surface area contributed by atoms with E-state index >= 15 is 0 Å². The maximum atomic E-state index is 13.9. The third kappa shape index (κ3) is 3.46. The molecule has 32 heavy (non-hydrogen) atoms. The normalized spacial score (nSPS) is 10.8. The second-order valence-corrected chi connectivity index (χ2v) is 7.78. The molecule has 0 atom stereocenters. The van der Waals surface area contributed by atoms with Crippen LogP contribution in [0.2, 0.25) is 0 Å². The van der Waals surface area contributed by atoms with Gasteiger partial charge in [0.2, 0.25) is 0 Å². The van der Waals surface area contributed by atoms with Crippen LogP contribution in [0.3, 0.4) is 0 Å². The molecule has 0 unspecified atom stereocenters. The highest BCUT2D eigenvalue weighted by atomic mass is 16.1. The molecular weight excluding hydrogens is 390 g/mol. The minimum absolute atomic E-state index is 0.0359. The lowest BCUT2D eigenvalue weighted by Gasteiger charge is -2.14. The molecule has 0 aliphatic carbocycles. The van der Waals surface area contributed by atoms with Crippen molar-refractivity contribution in [3.8, 4) is 28.1 Å². The number of benzene rings is 4. The quantitative estimate of drug-likeness (QED) is 0.276.